The Hall–Kier alpha value is -3.27. The number of aromatic carboxylic acids is 1. The third-order valence-corrected chi connectivity index (χ3v) is 6.46. The number of hydrogen-bond acceptors (Lipinski definition) is 4. The average Bonchev–Trinajstić information content (AvgIpc) is 3.55. The van der Waals surface area contributed by atoms with Gasteiger partial charge in [-0.05, 0) is 74.4 Å². The fourth-order valence-corrected chi connectivity index (χ4v) is 3.92. The van der Waals surface area contributed by atoms with Crippen LogP contribution in [0.5, 0.6) is 0 Å². The van der Waals surface area contributed by atoms with Crippen molar-refractivity contribution in [2.24, 2.45) is 0 Å². The van der Waals surface area contributed by atoms with E-state index in [0.29, 0.717) is 17.5 Å². The summed E-state index contributed by atoms with van der Waals surface area (Å²) in [4.78, 5) is 15.8. The van der Waals surface area contributed by atoms with Crippen LogP contribution in [0.3, 0.4) is 0 Å². The molecule has 1 heterocycles. The van der Waals surface area contributed by atoms with Crippen LogP contribution in [-0.2, 0) is 16.8 Å². The van der Waals surface area contributed by atoms with Crippen molar-refractivity contribution >= 4 is 23.4 Å². The zero-order chi connectivity index (χ0) is 24.5. The van der Waals surface area contributed by atoms with Crippen molar-refractivity contribution in [3.05, 3.63) is 81.8 Å². The van der Waals surface area contributed by atoms with E-state index in [1.165, 1.54) is 5.56 Å². The topological polar surface area (TPSA) is 76.4 Å². The molecule has 1 saturated carbocycles. The average molecular weight is 478 g/mol. The van der Waals surface area contributed by atoms with Gasteiger partial charge in [0, 0.05) is 7.11 Å². The van der Waals surface area contributed by atoms with Crippen molar-refractivity contribution in [2.45, 2.75) is 51.3 Å². The predicted molar refractivity (Wildman–Crippen MR) is 133 cm³/mol. The Morgan fingerprint density at radius 3 is 2.41 bits per heavy atom. The lowest BCUT2D eigenvalue weighted by atomic mass is 10.0. The normalized spacial score (nSPS) is 14.3. The Morgan fingerprint density at radius 1 is 1.21 bits per heavy atom. The van der Waals surface area contributed by atoms with E-state index >= 15 is 0 Å². The quantitative estimate of drug-likeness (QED) is 0.441. The van der Waals surface area contributed by atoms with E-state index in [1.807, 2.05) is 30.5 Å². The van der Waals surface area contributed by atoms with Gasteiger partial charge in [0.05, 0.1) is 17.6 Å². The highest BCUT2D eigenvalue weighted by molar-refractivity contribution is 6.28. The van der Waals surface area contributed by atoms with Crippen molar-refractivity contribution in [1.82, 2.24) is 9.55 Å². The van der Waals surface area contributed by atoms with E-state index in [9.17, 15) is 9.90 Å². The first-order valence-electron chi connectivity index (χ1n) is 11.1. The van der Waals surface area contributed by atoms with Crippen LogP contribution < -0.4 is 5.32 Å². The summed E-state index contributed by atoms with van der Waals surface area (Å²) >= 11 is 6.61. The lowest BCUT2D eigenvalue weighted by Gasteiger charge is -2.21. The van der Waals surface area contributed by atoms with Gasteiger partial charge < -0.3 is 15.2 Å². The first kappa shape index (κ1) is 23.9. The summed E-state index contributed by atoms with van der Waals surface area (Å²) in [6.45, 7) is 6.38. The van der Waals surface area contributed by atoms with Crippen LogP contribution in [0.4, 0.5) is 5.82 Å². The highest BCUT2D eigenvalue weighted by Crippen LogP contribution is 2.49. The molecule has 1 aliphatic carbocycles. The smallest absolute Gasteiger partial charge is 0.335 e. The number of nitrogens with one attached hydrogen (secondary N) is 1. The third kappa shape index (κ3) is 5.11. The van der Waals surface area contributed by atoms with Gasteiger partial charge in [0.15, 0.2) is 5.69 Å². The van der Waals surface area contributed by atoms with Crippen LogP contribution in [0.25, 0.3) is 0 Å². The molecule has 0 aliphatic heterocycles. The number of rotatable bonds is 7. The summed E-state index contributed by atoms with van der Waals surface area (Å²) in [5, 5.41) is 13.3. The van der Waals surface area contributed by atoms with Gasteiger partial charge in [-0.2, -0.15) is 0 Å². The zero-order valence-corrected chi connectivity index (χ0v) is 20.5. The molecule has 0 radical (unpaired) electrons. The monoisotopic (exact) mass is 477 g/mol. The standard InChI is InChI=1S/C27H28ClN3O3/c1-18-5-7-19(8-6-18)17-31-23(22(29-25(31)28)13-14-26(2,3)34-4)30-27(15-16-27)21-11-9-20(10-12-21)24(32)33/h5-12,30H,15-17H2,1-4H3,(H,32,33). The molecule has 34 heavy (non-hydrogen) atoms. The molecule has 0 saturated heterocycles. The van der Waals surface area contributed by atoms with Gasteiger partial charge in [0.25, 0.3) is 0 Å². The van der Waals surface area contributed by atoms with Crippen LogP contribution in [-0.4, -0.2) is 33.3 Å². The maximum absolute atomic E-state index is 11.3. The van der Waals surface area contributed by atoms with E-state index in [1.54, 1.807) is 19.2 Å². The number of ether oxygens (including phenoxy) is 1. The molecule has 3 aromatic rings. The number of carboxylic acids is 1. The minimum absolute atomic E-state index is 0.264. The fourth-order valence-electron chi connectivity index (χ4n) is 3.69. The Balaban J connectivity index is 1.73. The largest absolute Gasteiger partial charge is 0.478 e. The molecular weight excluding hydrogens is 450 g/mol. The van der Waals surface area contributed by atoms with Crippen LogP contribution in [0.1, 0.15) is 59.4 Å². The lowest BCUT2D eigenvalue weighted by Crippen LogP contribution is -2.22. The van der Waals surface area contributed by atoms with E-state index in [4.69, 9.17) is 16.3 Å². The summed E-state index contributed by atoms with van der Waals surface area (Å²) in [6.07, 6.45) is 1.81. The van der Waals surface area contributed by atoms with Crippen LogP contribution in [0.2, 0.25) is 5.28 Å². The molecule has 1 aromatic heterocycles. The maximum atomic E-state index is 11.3. The number of carbonyl (C=O) groups is 1. The highest BCUT2D eigenvalue weighted by Gasteiger charge is 2.45. The number of carboxylic acid groups (broad SMARTS) is 1. The fraction of sp³-hybridized carbons (Fsp3) is 0.333. The number of anilines is 1. The second kappa shape index (κ2) is 9.17. The van der Waals surface area contributed by atoms with Gasteiger partial charge in [-0.1, -0.05) is 47.9 Å². The number of imidazole rings is 1. The molecular formula is C27H28ClN3O3. The Bertz CT molecular complexity index is 1260. The Morgan fingerprint density at radius 2 is 1.85 bits per heavy atom. The molecule has 4 rings (SSSR count). The summed E-state index contributed by atoms with van der Waals surface area (Å²) in [5.41, 5.74) is 3.17. The van der Waals surface area contributed by atoms with E-state index < -0.39 is 11.6 Å². The molecule has 6 nitrogen and oxygen atoms in total. The van der Waals surface area contributed by atoms with Gasteiger partial charge in [-0.3, -0.25) is 4.57 Å². The van der Waals surface area contributed by atoms with Gasteiger partial charge in [0.2, 0.25) is 5.28 Å². The number of benzene rings is 2. The zero-order valence-electron chi connectivity index (χ0n) is 19.8. The molecule has 1 aliphatic rings. The van der Waals surface area contributed by atoms with Crippen LogP contribution in [0, 0.1) is 18.8 Å². The van der Waals surface area contributed by atoms with Crippen molar-refractivity contribution in [3.8, 4) is 11.8 Å². The number of aromatic nitrogens is 2. The minimum atomic E-state index is -0.939. The molecule has 2 N–H and O–H groups in total. The van der Waals surface area contributed by atoms with E-state index in [0.717, 1.165) is 29.8 Å². The summed E-state index contributed by atoms with van der Waals surface area (Å²) < 4.78 is 7.38. The Kier molecular flexibility index (Phi) is 6.44. The van der Waals surface area contributed by atoms with Crippen molar-refractivity contribution in [2.75, 3.05) is 12.4 Å². The van der Waals surface area contributed by atoms with E-state index in [-0.39, 0.29) is 11.1 Å². The highest BCUT2D eigenvalue weighted by atomic mass is 35.5. The molecule has 0 bridgehead atoms. The van der Waals surface area contributed by atoms with Crippen LogP contribution in [0.15, 0.2) is 48.5 Å². The maximum Gasteiger partial charge on any atom is 0.335 e. The lowest BCUT2D eigenvalue weighted by molar-refractivity contribution is 0.0696. The molecule has 2 aromatic carbocycles. The molecule has 0 atom stereocenters. The number of halogens is 1. The summed E-state index contributed by atoms with van der Waals surface area (Å²) in [7, 11) is 1.62. The summed E-state index contributed by atoms with van der Waals surface area (Å²) in [6, 6.07) is 15.3. The van der Waals surface area contributed by atoms with Crippen molar-refractivity contribution < 1.29 is 14.6 Å². The van der Waals surface area contributed by atoms with Gasteiger partial charge in [-0.15, -0.1) is 0 Å². The van der Waals surface area contributed by atoms with E-state index in [2.05, 4.69) is 53.3 Å². The summed E-state index contributed by atoms with van der Waals surface area (Å²) in [5.74, 6) is 6.09. The first-order valence-corrected chi connectivity index (χ1v) is 11.5. The predicted octanol–water partition coefficient (Wildman–Crippen LogP) is 5.47. The SMILES string of the molecule is COC(C)(C)C#Cc1nc(Cl)n(Cc2ccc(C)cc2)c1NC1(c2ccc(C(=O)O)cc2)CC1. The van der Waals surface area contributed by atoms with Gasteiger partial charge >= 0.3 is 5.97 Å². The Labute approximate surface area is 204 Å². The molecule has 1 fully saturated rings. The van der Waals surface area contributed by atoms with Crippen LogP contribution >= 0.6 is 11.6 Å². The van der Waals surface area contributed by atoms with Crippen molar-refractivity contribution in [1.29, 1.82) is 0 Å². The molecule has 0 amide bonds. The number of aryl methyl sites for hydroxylation is 1. The molecule has 0 spiro atoms. The van der Waals surface area contributed by atoms with Crippen molar-refractivity contribution in [3.63, 3.8) is 0 Å². The third-order valence-electron chi connectivity index (χ3n) is 6.17. The minimum Gasteiger partial charge on any atom is -0.478 e. The molecule has 176 valence electrons. The second-order valence-corrected chi connectivity index (χ2v) is 9.54. The van der Waals surface area contributed by atoms with Gasteiger partial charge in [0.1, 0.15) is 11.4 Å². The first-order chi connectivity index (χ1) is 16.1. The van der Waals surface area contributed by atoms with Gasteiger partial charge in [-0.25, -0.2) is 9.78 Å². The number of nitrogens with zero attached hydrogens (tertiary/aromatic N) is 2. The molecule has 7 heteroatoms. The molecule has 0 unspecified atom stereocenters. The number of methoxy groups -OCH3 is 1. The second-order valence-electron chi connectivity index (χ2n) is 9.20. The number of hydrogen-bond donors (Lipinski definition) is 2.